The summed E-state index contributed by atoms with van der Waals surface area (Å²) in [5.74, 6) is 2.17. The monoisotopic (exact) mass is 818 g/mol. The number of benzene rings is 8. The predicted molar refractivity (Wildman–Crippen MR) is 245 cm³/mol. The summed E-state index contributed by atoms with van der Waals surface area (Å²) < 4.78 is 62.7. The van der Waals surface area contributed by atoms with Crippen molar-refractivity contribution in [1.29, 1.82) is 0 Å². The van der Waals surface area contributed by atoms with E-state index in [4.69, 9.17) is 22.7 Å². The number of furan rings is 3. The molecular formula is C52H26B2F2N2O5. The van der Waals surface area contributed by atoms with Crippen molar-refractivity contribution in [2.75, 3.05) is 9.80 Å². The Morgan fingerprint density at radius 3 is 1.29 bits per heavy atom. The molecule has 0 unspecified atom stereocenters. The largest absolute Gasteiger partial charge is 0.468 e. The molecule has 0 atom stereocenters. The summed E-state index contributed by atoms with van der Waals surface area (Å²) in [5.41, 5.74) is 13.5. The smallest absolute Gasteiger partial charge is 0.301 e. The van der Waals surface area contributed by atoms with Gasteiger partial charge in [-0.25, -0.2) is 8.78 Å². The third kappa shape index (κ3) is 4.37. The van der Waals surface area contributed by atoms with Crippen LogP contribution in [-0.2, 0) is 0 Å². The van der Waals surface area contributed by atoms with Crippen molar-refractivity contribution in [3.05, 3.63) is 169 Å². The highest BCUT2D eigenvalue weighted by Gasteiger charge is 2.48. The molecule has 7 heterocycles. The number of ether oxygens (including phenoxy) is 2. The number of anilines is 6. The van der Waals surface area contributed by atoms with Crippen LogP contribution in [-0.4, -0.2) is 13.4 Å². The minimum Gasteiger partial charge on any atom is -0.468 e. The van der Waals surface area contributed by atoms with E-state index in [9.17, 15) is 8.78 Å². The fourth-order valence-electron chi connectivity index (χ4n) is 10.7. The zero-order chi connectivity index (χ0) is 41.2. The first-order chi connectivity index (χ1) is 31.0. The van der Waals surface area contributed by atoms with Crippen LogP contribution in [0.5, 0.6) is 23.0 Å². The Morgan fingerprint density at radius 2 is 0.825 bits per heavy atom. The maximum atomic E-state index is 14.3. The van der Waals surface area contributed by atoms with Gasteiger partial charge in [0, 0.05) is 67.4 Å². The highest BCUT2D eigenvalue weighted by atomic mass is 19.1. The Hall–Kier alpha value is -8.17. The average Bonchev–Trinajstić information content (AvgIpc) is 3.99. The molecule has 63 heavy (non-hydrogen) atoms. The van der Waals surface area contributed by atoms with Crippen LogP contribution in [0.25, 0.3) is 43.9 Å². The lowest BCUT2D eigenvalue weighted by atomic mass is 9.36. The number of halogens is 2. The van der Waals surface area contributed by atoms with Gasteiger partial charge >= 0.3 is 13.4 Å². The SMILES string of the molecule is Fc1ccc(N2c3cccc4c3B(c3cc5c(cc3O4)oc3cc4c(cc35)B3c5oc6ccccc6c5N(c5ccc(F)cc5)c5cccc(c53)O4)c3oc4ccccc4c32)cc1. The Morgan fingerprint density at radius 1 is 0.381 bits per heavy atom. The van der Waals surface area contributed by atoms with Gasteiger partial charge in [-0.2, -0.15) is 0 Å². The lowest BCUT2D eigenvalue weighted by molar-refractivity contribution is 0.485. The Bertz CT molecular complexity index is 3570. The summed E-state index contributed by atoms with van der Waals surface area (Å²) in [4.78, 5) is 4.31. The molecular weight excluding hydrogens is 792 g/mol. The van der Waals surface area contributed by atoms with Crippen molar-refractivity contribution in [3.63, 3.8) is 0 Å². The van der Waals surface area contributed by atoms with Crippen molar-refractivity contribution in [2.24, 2.45) is 0 Å². The zero-order valence-electron chi connectivity index (χ0n) is 32.9. The van der Waals surface area contributed by atoms with Gasteiger partial charge in [-0.3, -0.25) is 0 Å². The Balaban J connectivity index is 0.956. The van der Waals surface area contributed by atoms with E-state index < -0.39 is 0 Å². The van der Waals surface area contributed by atoms with Crippen LogP contribution in [0.1, 0.15) is 0 Å². The van der Waals surface area contributed by atoms with E-state index in [1.165, 1.54) is 24.3 Å². The second kappa shape index (κ2) is 11.8. The van der Waals surface area contributed by atoms with E-state index in [0.717, 1.165) is 100 Å². The third-order valence-corrected chi connectivity index (χ3v) is 13.3. The highest BCUT2D eigenvalue weighted by molar-refractivity contribution is 6.99. The summed E-state index contributed by atoms with van der Waals surface area (Å²) in [5, 5.41) is 3.75. The van der Waals surface area contributed by atoms with Crippen molar-refractivity contribution in [3.8, 4) is 23.0 Å². The van der Waals surface area contributed by atoms with E-state index in [0.29, 0.717) is 34.2 Å². The first kappa shape index (κ1) is 33.5. The van der Waals surface area contributed by atoms with Crippen LogP contribution in [0.3, 0.4) is 0 Å². The van der Waals surface area contributed by atoms with Gasteiger partial charge in [0.1, 0.15) is 57.0 Å². The number of hydrogen-bond acceptors (Lipinski definition) is 7. The van der Waals surface area contributed by atoms with Gasteiger partial charge in [-0.05, 0) is 108 Å². The summed E-state index contributed by atoms with van der Waals surface area (Å²) in [6.45, 7) is -0.643. The maximum Gasteiger partial charge on any atom is 0.301 e. The molecule has 11 aromatic rings. The van der Waals surface area contributed by atoms with E-state index in [1.807, 2.05) is 72.8 Å². The number of nitrogens with zero attached hydrogens (tertiary/aromatic N) is 2. The number of para-hydroxylation sites is 2. The fourth-order valence-corrected chi connectivity index (χ4v) is 10.7. The Kier molecular flexibility index (Phi) is 6.28. The average molecular weight is 818 g/mol. The first-order valence-corrected chi connectivity index (χ1v) is 20.8. The van der Waals surface area contributed by atoms with Gasteiger partial charge in [-0.15, -0.1) is 0 Å². The van der Waals surface area contributed by atoms with Crippen molar-refractivity contribution in [2.45, 2.75) is 0 Å². The fraction of sp³-hybridized carbons (Fsp3) is 0. The summed E-state index contributed by atoms with van der Waals surface area (Å²) in [6.07, 6.45) is 0. The predicted octanol–water partition coefficient (Wildman–Crippen LogP) is 10.2. The van der Waals surface area contributed by atoms with Crippen molar-refractivity contribution < 1.29 is 31.5 Å². The minimum atomic E-state index is -0.322. The second-order valence-electron chi connectivity index (χ2n) is 16.6. The molecule has 15 rings (SSSR count). The van der Waals surface area contributed by atoms with Gasteiger partial charge in [0.2, 0.25) is 0 Å². The molecule has 0 fully saturated rings. The quantitative estimate of drug-likeness (QED) is 0.161. The van der Waals surface area contributed by atoms with Crippen LogP contribution in [0.15, 0.2) is 171 Å². The van der Waals surface area contributed by atoms with Gasteiger partial charge in [0.05, 0.1) is 22.7 Å². The standard InChI is InChI=1S/C52H26B2F2N2O5/c55-27-15-19-29(20-16-27)57-37-9-5-13-41-47(37)53(51-49(57)31-7-1-3-11-39(31)62-51)35-23-33-34-24-36-46(26-44(34)61-43(33)25-45(35)59-41)60-42-14-6-10-38-48(42)54(36)52-50(32-8-2-4-12-40(32)63-52)58(38)30-21-17-28(56)18-22-30/h1-26H. The molecule has 0 saturated heterocycles. The van der Waals surface area contributed by atoms with Gasteiger partial charge < -0.3 is 32.5 Å². The summed E-state index contributed by atoms with van der Waals surface area (Å²) >= 11 is 0. The molecule has 0 bridgehead atoms. The highest BCUT2D eigenvalue weighted by Crippen LogP contribution is 2.47. The lowest BCUT2D eigenvalue weighted by Gasteiger charge is -2.37. The molecule has 0 radical (unpaired) electrons. The zero-order valence-corrected chi connectivity index (χ0v) is 32.9. The van der Waals surface area contributed by atoms with Crippen LogP contribution in [0, 0.1) is 11.6 Å². The molecule has 4 aliphatic heterocycles. The number of hydrogen-bond donors (Lipinski definition) is 0. The second-order valence-corrected chi connectivity index (χ2v) is 16.6. The van der Waals surface area contributed by atoms with Gasteiger partial charge in [-0.1, -0.05) is 48.5 Å². The topological polar surface area (TPSA) is 64.4 Å². The van der Waals surface area contributed by atoms with E-state index in [2.05, 4.69) is 46.2 Å². The van der Waals surface area contributed by atoms with Crippen molar-refractivity contribution in [1.82, 2.24) is 0 Å². The molecule has 7 nitrogen and oxygen atoms in total. The lowest BCUT2D eigenvalue weighted by Crippen LogP contribution is -2.59. The van der Waals surface area contributed by atoms with Crippen LogP contribution in [0.4, 0.5) is 42.9 Å². The van der Waals surface area contributed by atoms with E-state index in [1.54, 1.807) is 24.3 Å². The van der Waals surface area contributed by atoms with E-state index >= 15 is 0 Å². The molecule has 0 saturated carbocycles. The third-order valence-electron chi connectivity index (χ3n) is 13.3. The molecule has 11 heteroatoms. The van der Waals surface area contributed by atoms with E-state index in [-0.39, 0.29) is 25.1 Å². The molecule has 4 aliphatic rings. The minimum absolute atomic E-state index is 0.305. The summed E-state index contributed by atoms with van der Waals surface area (Å²) in [6, 6.07) is 49.7. The summed E-state index contributed by atoms with van der Waals surface area (Å²) in [7, 11) is 0. The van der Waals surface area contributed by atoms with Gasteiger partial charge in [0.25, 0.3) is 0 Å². The van der Waals surface area contributed by atoms with Gasteiger partial charge in [0.15, 0.2) is 0 Å². The maximum absolute atomic E-state index is 14.3. The molecule has 0 amide bonds. The normalized spacial score (nSPS) is 14.0. The number of rotatable bonds is 2. The van der Waals surface area contributed by atoms with Crippen molar-refractivity contribution >= 4 is 125 Å². The molecule has 0 spiro atoms. The van der Waals surface area contributed by atoms with Crippen LogP contribution >= 0.6 is 0 Å². The number of fused-ring (bicyclic) bond motifs is 15. The van der Waals surface area contributed by atoms with Crippen LogP contribution in [0.2, 0.25) is 0 Å². The molecule has 294 valence electrons. The van der Waals surface area contributed by atoms with Crippen LogP contribution < -0.4 is 52.4 Å². The molecule has 8 aromatic carbocycles. The first-order valence-electron chi connectivity index (χ1n) is 20.8. The molecule has 3 aromatic heterocycles. The Labute approximate surface area is 357 Å². The molecule has 0 N–H and O–H groups in total. The molecule has 0 aliphatic carbocycles.